The summed E-state index contributed by atoms with van der Waals surface area (Å²) in [5.41, 5.74) is 0. The molecule has 1 fully saturated rings. The molecular formula is C6H14O11P2. The van der Waals surface area contributed by atoms with E-state index in [0.717, 1.165) is 0 Å². The molecule has 1 aliphatic rings. The molecule has 1 unspecified atom stereocenters. The molecule has 0 saturated carbocycles. The molecule has 6 N–H and O–H groups in total. The van der Waals surface area contributed by atoms with E-state index < -0.39 is 46.4 Å². The van der Waals surface area contributed by atoms with Gasteiger partial charge in [0.15, 0.2) is 6.29 Å². The fourth-order valence-corrected chi connectivity index (χ4v) is 3.05. The molecule has 19 heavy (non-hydrogen) atoms. The minimum Gasteiger partial charge on any atom is -0.388 e. The molecule has 0 amide bonds. The number of ether oxygens (including phenoxy) is 1. The third kappa shape index (κ3) is 4.85. The van der Waals surface area contributed by atoms with Gasteiger partial charge in [-0.05, 0) is 6.92 Å². The van der Waals surface area contributed by atoms with E-state index in [-0.39, 0.29) is 0 Å². The van der Waals surface area contributed by atoms with Gasteiger partial charge in [0.25, 0.3) is 0 Å². The van der Waals surface area contributed by atoms with Crippen molar-refractivity contribution in [3.05, 3.63) is 0 Å². The van der Waals surface area contributed by atoms with Gasteiger partial charge in [0, 0.05) is 0 Å². The van der Waals surface area contributed by atoms with Crippen molar-refractivity contribution in [1.82, 2.24) is 0 Å². The highest BCUT2D eigenvalue weighted by molar-refractivity contribution is 7.60. The number of hydrogen-bond acceptors (Lipinski definition) is 8. The summed E-state index contributed by atoms with van der Waals surface area (Å²) in [4.78, 5) is 25.8. The number of aliphatic hydroxyl groups excluding tert-OH is 3. The van der Waals surface area contributed by atoms with Crippen molar-refractivity contribution in [2.75, 3.05) is 0 Å². The van der Waals surface area contributed by atoms with Crippen molar-refractivity contribution >= 4 is 15.6 Å². The van der Waals surface area contributed by atoms with Crippen LogP contribution in [0, 0.1) is 0 Å². The Morgan fingerprint density at radius 1 is 1.00 bits per heavy atom. The lowest BCUT2D eigenvalue weighted by molar-refractivity contribution is -0.271. The molecule has 0 aromatic carbocycles. The Morgan fingerprint density at radius 2 is 1.53 bits per heavy atom. The first kappa shape index (κ1) is 17.2. The van der Waals surface area contributed by atoms with Crippen LogP contribution in [0.15, 0.2) is 0 Å². The maximum atomic E-state index is 11.2. The molecule has 1 heterocycles. The molecular weight excluding hydrogens is 310 g/mol. The van der Waals surface area contributed by atoms with Gasteiger partial charge in [-0.2, -0.15) is 4.31 Å². The van der Waals surface area contributed by atoms with Crippen molar-refractivity contribution in [3.63, 3.8) is 0 Å². The Hall–Kier alpha value is 0.1000. The lowest BCUT2D eigenvalue weighted by Gasteiger charge is -2.38. The number of aliphatic hydroxyl groups is 3. The van der Waals surface area contributed by atoms with Crippen LogP contribution in [0.5, 0.6) is 0 Å². The van der Waals surface area contributed by atoms with Crippen LogP contribution < -0.4 is 0 Å². The predicted molar refractivity (Wildman–Crippen MR) is 56.4 cm³/mol. The summed E-state index contributed by atoms with van der Waals surface area (Å²) in [6, 6.07) is 0. The summed E-state index contributed by atoms with van der Waals surface area (Å²) in [6.07, 6.45) is -8.07. The van der Waals surface area contributed by atoms with Crippen molar-refractivity contribution in [1.29, 1.82) is 0 Å². The third-order valence-corrected chi connectivity index (χ3v) is 4.41. The number of rotatable bonds is 4. The minimum absolute atomic E-state index is 1.06. The van der Waals surface area contributed by atoms with Crippen LogP contribution in [0.1, 0.15) is 6.92 Å². The summed E-state index contributed by atoms with van der Waals surface area (Å²) in [6.45, 7) is 1.28. The standard InChI is InChI=1S/C6H14O11P2/c1-2-3(7)4(8)5(9)6(15-2)16-19(13,14)17-18(10,11)12/h2-9H,1H3,(H,13,14)(H2,10,11,12)/t2-,3+,4+,5-,6+/m0/s1. The smallest absolute Gasteiger partial charge is 0.388 e. The topological polar surface area (TPSA) is 183 Å². The Morgan fingerprint density at radius 3 is 2.00 bits per heavy atom. The Labute approximate surface area is 107 Å². The first-order valence-electron chi connectivity index (χ1n) is 4.91. The van der Waals surface area contributed by atoms with Gasteiger partial charge in [-0.25, -0.2) is 9.13 Å². The maximum Gasteiger partial charge on any atom is 0.483 e. The fraction of sp³-hybridized carbons (Fsp3) is 1.00. The SMILES string of the molecule is C[C@@H]1O[C@H](OP(=O)(O)OP(=O)(O)O)[C@@H](O)[C@H](O)[C@@H]1O. The monoisotopic (exact) mass is 324 g/mol. The fourth-order valence-electron chi connectivity index (χ4n) is 1.39. The molecule has 11 nitrogen and oxygen atoms in total. The van der Waals surface area contributed by atoms with Crippen LogP contribution in [0.2, 0.25) is 0 Å². The van der Waals surface area contributed by atoms with E-state index in [1.165, 1.54) is 6.92 Å². The molecule has 1 rings (SSSR count). The van der Waals surface area contributed by atoms with Crippen LogP contribution in [0.25, 0.3) is 0 Å². The predicted octanol–water partition coefficient (Wildman–Crippen LogP) is -1.96. The second kappa shape index (κ2) is 5.84. The summed E-state index contributed by atoms with van der Waals surface area (Å²) in [7, 11) is -10.5. The molecule has 0 aromatic heterocycles. The van der Waals surface area contributed by atoms with Crippen LogP contribution >= 0.6 is 15.6 Å². The lowest BCUT2D eigenvalue weighted by Crippen LogP contribution is -2.57. The Bertz CT molecular complexity index is 406. The zero-order valence-electron chi connectivity index (χ0n) is 9.51. The zero-order valence-corrected chi connectivity index (χ0v) is 11.3. The first-order valence-corrected chi connectivity index (χ1v) is 7.93. The van der Waals surface area contributed by atoms with Gasteiger partial charge in [-0.3, -0.25) is 4.52 Å². The highest BCUT2D eigenvalue weighted by Crippen LogP contribution is 2.58. The van der Waals surface area contributed by atoms with Crippen molar-refractivity contribution in [3.8, 4) is 0 Å². The molecule has 0 radical (unpaired) electrons. The average molecular weight is 324 g/mol. The molecule has 114 valence electrons. The molecule has 0 spiro atoms. The largest absolute Gasteiger partial charge is 0.483 e. The highest BCUT2D eigenvalue weighted by atomic mass is 31.3. The second-order valence-electron chi connectivity index (χ2n) is 3.83. The second-order valence-corrected chi connectivity index (χ2v) is 6.61. The molecule has 0 aromatic rings. The molecule has 0 bridgehead atoms. The van der Waals surface area contributed by atoms with E-state index in [2.05, 4.69) is 8.83 Å². The summed E-state index contributed by atoms with van der Waals surface area (Å²) in [5, 5.41) is 28.2. The normalized spacial score (nSPS) is 39.8. The quantitative estimate of drug-likeness (QED) is 0.316. The van der Waals surface area contributed by atoms with Gasteiger partial charge in [0.2, 0.25) is 0 Å². The van der Waals surface area contributed by atoms with E-state index in [1.54, 1.807) is 0 Å². The van der Waals surface area contributed by atoms with E-state index in [0.29, 0.717) is 0 Å². The number of phosphoric acid groups is 2. The average Bonchev–Trinajstić information content (AvgIpc) is 2.19. The maximum absolute atomic E-state index is 11.2. The van der Waals surface area contributed by atoms with E-state index >= 15 is 0 Å². The summed E-state index contributed by atoms with van der Waals surface area (Å²) >= 11 is 0. The van der Waals surface area contributed by atoms with E-state index in [4.69, 9.17) is 19.4 Å². The van der Waals surface area contributed by atoms with Crippen LogP contribution in [-0.2, 0) is 22.7 Å². The van der Waals surface area contributed by atoms with Gasteiger partial charge in [-0.15, -0.1) is 0 Å². The van der Waals surface area contributed by atoms with E-state index in [9.17, 15) is 24.4 Å². The van der Waals surface area contributed by atoms with Crippen molar-refractivity contribution < 1.29 is 52.7 Å². The third-order valence-electron chi connectivity index (χ3n) is 2.26. The Balaban J connectivity index is 2.76. The van der Waals surface area contributed by atoms with Gasteiger partial charge in [0.05, 0.1) is 6.10 Å². The van der Waals surface area contributed by atoms with E-state index in [1.807, 2.05) is 0 Å². The molecule has 1 aliphatic heterocycles. The van der Waals surface area contributed by atoms with Gasteiger partial charge < -0.3 is 34.7 Å². The van der Waals surface area contributed by atoms with Crippen LogP contribution in [0.3, 0.4) is 0 Å². The summed E-state index contributed by atoms with van der Waals surface area (Å²) < 4.78 is 34.1. The van der Waals surface area contributed by atoms with Crippen LogP contribution in [0.4, 0.5) is 0 Å². The zero-order chi connectivity index (χ0) is 15.0. The minimum atomic E-state index is -5.30. The number of hydrogen-bond donors (Lipinski definition) is 6. The Kier molecular flexibility index (Phi) is 5.27. The van der Waals surface area contributed by atoms with Gasteiger partial charge >= 0.3 is 15.6 Å². The van der Waals surface area contributed by atoms with Gasteiger partial charge in [-0.1, -0.05) is 0 Å². The number of phosphoric ester groups is 1. The van der Waals surface area contributed by atoms with Gasteiger partial charge in [0.1, 0.15) is 18.3 Å². The lowest BCUT2D eigenvalue weighted by atomic mass is 10.0. The summed E-state index contributed by atoms with van der Waals surface area (Å²) in [5.74, 6) is 0. The van der Waals surface area contributed by atoms with Crippen LogP contribution in [-0.4, -0.2) is 60.7 Å². The molecule has 13 heteroatoms. The highest BCUT2D eigenvalue weighted by Gasteiger charge is 2.46. The van der Waals surface area contributed by atoms with Crippen molar-refractivity contribution in [2.45, 2.75) is 37.6 Å². The molecule has 1 saturated heterocycles. The first-order chi connectivity index (χ1) is 8.43. The molecule has 6 atom stereocenters. The molecule has 0 aliphatic carbocycles. The van der Waals surface area contributed by atoms with Crippen molar-refractivity contribution in [2.24, 2.45) is 0 Å².